The van der Waals surface area contributed by atoms with Crippen molar-refractivity contribution in [2.75, 3.05) is 0 Å². The van der Waals surface area contributed by atoms with Crippen LogP contribution in [0.5, 0.6) is 0 Å². The van der Waals surface area contributed by atoms with Crippen molar-refractivity contribution in [3.05, 3.63) is 75.0 Å². The number of hydrogen-bond acceptors (Lipinski definition) is 2. The average Bonchev–Trinajstić information content (AvgIpc) is 2.86. The molecule has 1 heterocycles. The Morgan fingerprint density at radius 1 is 1.33 bits per heavy atom. The zero-order valence-electron chi connectivity index (χ0n) is 13.5. The molecular weight excluding hydrogens is 384 g/mol. The Bertz CT molecular complexity index is 1010. The summed E-state index contributed by atoms with van der Waals surface area (Å²) in [6.45, 7) is 8.61. The fourth-order valence-electron chi connectivity index (χ4n) is 2.69. The van der Waals surface area contributed by atoms with Gasteiger partial charge in [-0.2, -0.15) is 4.99 Å². The first-order chi connectivity index (χ1) is 11.5. The molecule has 0 radical (unpaired) electrons. The number of fused-ring (bicyclic) bond motifs is 1. The molecule has 0 unspecified atom stereocenters. The van der Waals surface area contributed by atoms with Crippen LogP contribution in [0.1, 0.15) is 21.5 Å². The van der Waals surface area contributed by atoms with Gasteiger partial charge < -0.3 is 4.57 Å². The SMILES string of the molecule is C=CCn1c(=NC(=O)c2ccccc2Br)sc2c(C)cc(C)cc21. The van der Waals surface area contributed by atoms with Crippen molar-refractivity contribution in [2.24, 2.45) is 4.99 Å². The van der Waals surface area contributed by atoms with Crippen molar-refractivity contribution in [3.8, 4) is 0 Å². The second kappa shape index (κ2) is 6.87. The minimum atomic E-state index is -0.249. The van der Waals surface area contributed by atoms with Crippen LogP contribution >= 0.6 is 27.3 Å². The Hall–Kier alpha value is -1.98. The van der Waals surface area contributed by atoms with Crippen LogP contribution in [0.2, 0.25) is 0 Å². The van der Waals surface area contributed by atoms with E-state index in [2.05, 4.69) is 53.5 Å². The zero-order chi connectivity index (χ0) is 17.3. The predicted molar refractivity (Wildman–Crippen MR) is 104 cm³/mol. The molecule has 0 atom stereocenters. The number of hydrogen-bond donors (Lipinski definition) is 0. The molecule has 3 aromatic rings. The first-order valence-corrected chi connectivity index (χ1v) is 9.17. The molecule has 0 aliphatic heterocycles. The summed E-state index contributed by atoms with van der Waals surface area (Å²) in [5.41, 5.74) is 4.05. The number of rotatable bonds is 3. The highest BCUT2D eigenvalue weighted by Gasteiger charge is 2.12. The third-order valence-electron chi connectivity index (χ3n) is 3.73. The molecule has 1 aromatic heterocycles. The van der Waals surface area contributed by atoms with Crippen LogP contribution in [-0.4, -0.2) is 10.5 Å². The lowest BCUT2D eigenvalue weighted by molar-refractivity contribution is 0.0997. The summed E-state index contributed by atoms with van der Waals surface area (Å²) in [5, 5.41) is 0. The summed E-state index contributed by atoms with van der Waals surface area (Å²) in [5.74, 6) is -0.249. The molecule has 0 fully saturated rings. The van der Waals surface area contributed by atoms with Crippen LogP contribution < -0.4 is 4.80 Å². The topological polar surface area (TPSA) is 34.4 Å². The lowest BCUT2D eigenvalue weighted by Crippen LogP contribution is -2.16. The second-order valence-corrected chi connectivity index (χ2v) is 7.44. The molecule has 0 saturated heterocycles. The Labute approximate surface area is 153 Å². The van der Waals surface area contributed by atoms with Crippen LogP contribution in [0.4, 0.5) is 0 Å². The predicted octanol–water partition coefficient (Wildman–Crippen LogP) is 5.01. The molecule has 3 nitrogen and oxygen atoms in total. The molecule has 0 saturated carbocycles. The molecular formula is C19H17BrN2OS. The van der Waals surface area contributed by atoms with E-state index < -0.39 is 0 Å². The smallest absolute Gasteiger partial charge is 0.280 e. The van der Waals surface area contributed by atoms with Gasteiger partial charge in [0.2, 0.25) is 0 Å². The standard InChI is InChI=1S/C19H17BrN2OS/c1-4-9-22-16-11-12(2)10-13(3)17(16)24-19(22)21-18(23)14-7-5-6-8-15(14)20/h4-8,10-11H,1,9H2,2-3H3. The molecule has 122 valence electrons. The Morgan fingerprint density at radius 3 is 2.79 bits per heavy atom. The first kappa shape index (κ1) is 16.9. The van der Waals surface area contributed by atoms with Crippen molar-refractivity contribution >= 4 is 43.4 Å². The van der Waals surface area contributed by atoms with E-state index in [0.29, 0.717) is 16.9 Å². The molecule has 0 aliphatic carbocycles. The fraction of sp³-hybridized carbons (Fsp3) is 0.158. The second-order valence-electron chi connectivity index (χ2n) is 5.61. The third kappa shape index (κ3) is 3.14. The van der Waals surface area contributed by atoms with Gasteiger partial charge in [-0.15, -0.1) is 6.58 Å². The van der Waals surface area contributed by atoms with Crippen LogP contribution in [0.15, 0.2) is 58.5 Å². The number of halogens is 1. The Kier molecular flexibility index (Phi) is 4.83. The maximum absolute atomic E-state index is 12.6. The van der Waals surface area contributed by atoms with Gasteiger partial charge in [0.25, 0.3) is 5.91 Å². The quantitative estimate of drug-likeness (QED) is 0.568. The number of benzene rings is 2. The van der Waals surface area contributed by atoms with Crippen LogP contribution in [0.3, 0.4) is 0 Å². The summed E-state index contributed by atoms with van der Waals surface area (Å²) in [4.78, 5) is 17.7. The van der Waals surface area contributed by atoms with E-state index in [1.165, 1.54) is 11.1 Å². The minimum Gasteiger partial charge on any atom is -0.312 e. The van der Waals surface area contributed by atoms with Crippen LogP contribution in [-0.2, 0) is 6.54 Å². The Balaban J connectivity index is 2.23. The van der Waals surface area contributed by atoms with Crippen molar-refractivity contribution in [2.45, 2.75) is 20.4 Å². The third-order valence-corrected chi connectivity index (χ3v) is 5.65. The van der Waals surface area contributed by atoms with Gasteiger partial charge in [0.15, 0.2) is 4.80 Å². The van der Waals surface area contributed by atoms with Crippen molar-refractivity contribution < 1.29 is 4.79 Å². The van der Waals surface area contributed by atoms with Gasteiger partial charge in [0, 0.05) is 11.0 Å². The van der Waals surface area contributed by atoms with Gasteiger partial charge in [-0.1, -0.05) is 35.6 Å². The number of allylic oxidation sites excluding steroid dienone is 1. The largest absolute Gasteiger partial charge is 0.312 e. The van der Waals surface area contributed by atoms with Gasteiger partial charge in [0.1, 0.15) is 0 Å². The molecule has 0 spiro atoms. The number of carbonyl (C=O) groups is 1. The summed E-state index contributed by atoms with van der Waals surface area (Å²) in [7, 11) is 0. The van der Waals surface area contributed by atoms with Gasteiger partial charge in [-0.05, 0) is 59.1 Å². The van der Waals surface area contributed by atoms with E-state index in [9.17, 15) is 4.79 Å². The molecule has 0 bridgehead atoms. The van der Waals surface area contributed by atoms with Crippen LogP contribution in [0, 0.1) is 13.8 Å². The van der Waals surface area contributed by atoms with E-state index in [-0.39, 0.29) is 5.91 Å². The highest BCUT2D eigenvalue weighted by Crippen LogP contribution is 2.24. The molecule has 3 rings (SSSR count). The summed E-state index contributed by atoms with van der Waals surface area (Å²) in [6, 6.07) is 11.6. The van der Waals surface area contributed by atoms with Crippen molar-refractivity contribution in [1.29, 1.82) is 0 Å². The van der Waals surface area contributed by atoms with Gasteiger partial charge in [-0.25, -0.2) is 0 Å². The summed E-state index contributed by atoms with van der Waals surface area (Å²) < 4.78 is 3.95. The van der Waals surface area contributed by atoms with Gasteiger partial charge >= 0.3 is 0 Å². The molecule has 1 amide bonds. The van der Waals surface area contributed by atoms with Crippen LogP contribution in [0.25, 0.3) is 10.2 Å². The van der Waals surface area contributed by atoms with E-state index >= 15 is 0 Å². The first-order valence-electron chi connectivity index (χ1n) is 7.56. The minimum absolute atomic E-state index is 0.249. The zero-order valence-corrected chi connectivity index (χ0v) is 15.9. The molecule has 5 heteroatoms. The average molecular weight is 401 g/mol. The highest BCUT2D eigenvalue weighted by molar-refractivity contribution is 9.10. The van der Waals surface area contributed by atoms with E-state index in [4.69, 9.17) is 0 Å². The maximum Gasteiger partial charge on any atom is 0.280 e. The van der Waals surface area contributed by atoms with Crippen molar-refractivity contribution in [1.82, 2.24) is 4.57 Å². The normalized spacial score (nSPS) is 11.9. The number of thiazole rings is 1. The summed E-state index contributed by atoms with van der Waals surface area (Å²) >= 11 is 4.96. The number of amides is 1. The van der Waals surface area contributed by atoms with Crippen molar-refractivity contribution in [3.63, 3.8) is 0 Å². The lowest BCUT2D eigenvalue weighted by atomic mass is 10.1. The molecule has 24 heavy (non-hydrogen) atoms. The molecule has 2 aromatic carbocycles. The Morgan fingerprint density at radius 2 is 2.08 bits per heavy atom. The van der Waals surface area contributed by atoms with E-state index in [1.54, 1.807) is 17.4 Å². The van der Waals surface area contributed by atoms with E-state index in [1.807, 2.05) is 28.8 Å². The molecule has 0 N–H and O–H groups in total. The number of nitrogens with zero attached hydrogens (tertiary/aromatic N) is 2. The summed E-state index contributed by atoms with van der Waals surface area (Å²) in [6.07, 6.45) is 1.83. The number of aryl methyl sites for hydroxylation is 2. The van der Waals surface area contributed by atoms with Gasteiger partial charge in [0.05, 0.1) is 15.8 Å². The lowest BCUT2D eigenvalue weighted by Gasteiger charge is -2.03. The number of aromatic nitrogens is 1. The van der Waals surface area contributed by atoms with Gasteiger partial charge in [-0.3, -0.25) is 4.79 Å². The van der Waals surface area contributed by atoms with E-state index in [0.717, 1.165) is 14.7 Å². The monoisotopic (exact) mass is 400 g/mol. The molecule has 0 aliphatic rings. The highest BCUT2D eigenvalue weighted by atomic mass is 79.9. The number of carbonyl (C=O) groups excluding carboxylic acids is 1. The maximum atomic E-state index is 12.6. The fourth-order valence-corrected chi connectivity index (χ4v) is 4.23.